The summed E-state index contributed by atoms with van der Waals surface area (Å²) >= 11 is 0. The fourth-order valence-electron chi connectivity index (χ4n) is 4.27. The minimum absolute atomic E-state index is 0.0370. The Morgan fingerprint density at radius 1 is 0.941 bits per heavy atom. The fourth-order valence-corrected chi connectivity index (χ4v) is 4.27. The Hall–Kier alpha value is -3.51. The number of hydrogen-bond donors (Lipinski definition) is 3. The molecule has 3 N–H and O–H groups in total. The molecule has 0 unspecified atom stereocenters. The van der Waals surface area contributed by atoms with Crippen LogP contribution in [0.4, 0.5) is 0 Å². The lowest BCUT2D eigenvalue weighted by atomic mass is 9.97. The largest absolute Gasteiger partial charge is 0.400 e. The minimum Gasteiger partial charge on any atom is -0.400 e. The van der Waals surface area contributed by atoms with Crippen LogP contribution in [0.5, 0.6) is 0 Å². The van der Waals surface area contributed by atoms with E-state index in [0.717, 1.165) is 48.6 Å². The highest BCUT2D eigenvalue weighted by molar-refractivity contribution is 5.96. The zero-order chi connectivity index (χ0) is 24.3. The summed E-state index contributed by atoms with van der Waals surface area (Å²) in [5.74, 6) is -0.144. The van der Waals surface area contributed by atoms with Gasteiger partial charge in [0.2, 0.25) is 0 Å². The van der Waals surface area contributed by atoms with Gasteiger partial charge in [0.25, 0.3) is 11.8 Å². The summed E-state index contributed by atoms with van der Waals surface area (Å²) in [6.45, 7) is 2.42. The smallest absolute Gasteiger partial charge is 0.251 e. The molecule has 0 bridgehead atoms. The zero-order valence-corrected chi connectivity index (χ0v) is 19.9. The van der Waals surface area contributed by atoms with Gasteiger partial charge < -0.3 is 15.7 Å². The lowest BCUT2D eigenvalue weighted by Gasteiger charge is -2.13. The van der Waals surface area contributed by atoms with Gasteiger partial charge in [0.1, 0.15) is 0 Å². The Balaban J connectivity index is 0.00000158. The van der Waals surface area contributed by atoms with Gasteiger partial charge in [0.05, 0.1) is 0 Å². The van der Waals surface area contributed by atoms with Crippen LogP contribution >= 0.6 is 0 Å². The van der Waals surface area contributed by atoms with E-state index >= 15 is 0 Å². The lowest BCUT2D eigenvalue weighted by molar-refractivity contribution is 0.0935. The van der Waals surface area contributed by atoms with Crippen LogP contribution in [0.15, 0.2) is 67.0 Å². The number of aliphatic hydroxyl groups excluding tert-OH is 1. The Labute approximate surface area is 201 Å². The highest BCUT2D eigenvalue weighted by Crippen LogP contribution is 2.23. The first-order valence-electron chi connectivity index (χ1n) is 11.8. The van der Waals surface area contributed by atoms with E-state index in [1.54, 1.807) is 12.4 Å². The van der Waals surface area contributed by atoms with Crippen molar-refractivity contribution in [3.05, 3.63) is 89.2 Å². The molecular formula is C28H33N3O3. The number of carbonyl (C=O) groups is 2. The van der Waals surface area contributed by atoms with E-state index < -0.39 is 0 Å². The molecule has 6 heteroatoms. The van der Waals surface area contributed by atoms with Gasteiger partial charge in [0, 0.05) is 43.2 Å². The number of rotatable bonds is 7. The lowest BCUT2D eigenvalue weighted by Crippen LogP contribution is -2.32. The second-order valence-electron chi connectivity index (χ2n) is 8.30. The number of nitrogens with one attached hydrogen (secondary N) is 2. The number of amides is 2. The Kier molecular flexibility index (Phi) is 9.35. The van der Waals surface area contributed by atoms with E-state index in [-0.39, 0.29) is 17.9 Å². The van der Waals surface area contributed by atoms with Gasteiger partial charge >= 0.3 is 0 Å². The molecule has 0 spiro atoms. The van der Waals surface area contributed by atoms with Gasteiger partial charge in [-0.25, -0.2) is 0 Å². The first-order valence-corrected chi connectivity index (χ1v) is 11.8. The van der Waals surface area contributed by atoms with Gasteiger partial charge in [-0.3, -0.25) is 14.6 Å². The number of aryl methyl sites for hydroxylation is 1. The topological polar surface area (TPSA) is 91.3 Å². The number of nitrogens with zero attached hydrogens (tertiary/aromatic N) is 1. The molecule has 2 aromatic carbocycles. The molecule has 34 heavy (non-hydrogen) atoms. The molecule has 178 valence electrons. The maximum Gasteiger partial charge on any atom is 0.251 e. The number of hydrogen-bond acceptors (Lipinski definition) is 4. The van der Waals surface area contributed by atoms with Gasteiger partial charge in [-0.1, -0.05) is 44.0 Å². The van der Waals surface area contributed by atoms with E-state index in [2.05, 4.69) is 28.6 Å². The summed E-state index contributed by atoms with van der Waals surface area (Å²) in [6.07, 6.45) is 8.77. The maximum absolute atomic E-state index is 12.9. The molecule has 1 fully saturated rings. The van der Waals surface area contributed by atoms with Crippen LogP contribution in [-0.2, 0) is 13.0 Å². The molecule has 4 rings (SSSR count). The predicted octanol–water partition coefficient (Wildman–Crippen LogP) is 4.52. The quantitative estimate of drug-likeness (QED) is 0.484. The SMILES string of the molecule is CCc1cc(-c2ccncc2)ccc1C(=O)NCc1cccc(C(=O)NC2CCCC2)c1.CO. The van der Waals surface area contributed by atoms with Gasteiger partial charge in [0.15, 0.2) is 0 Å². The minimum atomic E-state index is -0.107. The molecule has 1 heterocycles. The predicted molar refractivity (Wildman–Crippen MR) is 135 cm³/mol. The van der Waals surface area contributed by atoms with Crippen molar-refractivity contribution in [2.45, 2.75) is 51.6 Å². The Morgan fingerprint density at radius 2 is 1.68 bits per heavy atom. The van der Waals surface area contributed by atoms with Crippen LogP contribution in [0.25, 0.3) is 11.1 Å². The molecule has 1 aliphatic carbocycles. The van der Waals surface area contributed by atoms with Crippen LogP contribution in [0.3, 0.4) is 0 Å². The number of carbonyl (C=O) groups excluding carboxylic acids is 2. The van der Waals surface area contributed by atoms with Crippen molar-refractivity contribution in [3.8, 4) is 11.1 Å². The molecule has 3 aromatic rings. The molecule has 1 aliphatic rings. The standard InChI is InChI=1S/C27H29N3O2.CH4O/c1-2-20-17-22(21-12-14-28-15-13-21)10-11-25(20)27(32)29-18-19-6-5-7-23(16-19)26(31)30-24-8-3-4-9-24;1-2/h5-7,10-17,24H,2-4,8-9,18H2,1H3,(H,29,32)(H,30,31);2H,1H3. The van der Waals surface area contributed by atoms with E-state index in [1.807, 2.05) is 48.5 Å². The molecule has 0 radical (unpaired) electrons. The van der Waals surface area contributed by atoms with Crippen molar-refractivity contribution < 1.29 is 14.7 Å². The molecule has 0 atom stereocenters. The van der Waals surface area contributed by atoms with Gasteiger partial charge in [-0.05, 0) is 71.8 Å². The summed E-state index contributed by atoms with van der Waals surface area (Å²) in [5.41, 5.74) is 5.38. The average Bonchev–Trinajstić information content (AvgIpc) is 3.42. The third-order valence-corrected chi connectivity index (χ3v) is 6.08. The van der Waals surface area contributed by atoms with Crippen LogP contribution in [0.1, 0.15) is 64.4 Å². The van der Waals surface area contributed by atoms with Crippen LogP contribution < -0.4 is 10.6 Å². The van der Waals surface area contributed by atoms with Crippen LogP contribution in [0.2, 0.25) is 0 Å². The molecule has 6 nitrogen and oxygen atoms in total. The van der Waals surface area contributed by atoms with Crippen molar-refractivity contribution >= 4 is 11.8 Å². The highest BCUT2D eigenvalue weighted by Gasteiger charge is 2.18. The maximum atomic E-state index is 12.9. The monoisotopic (exact) mass is 459 g/mol. The Morgan fingerprint density at radius 3 is 2.38 bits per heavy atom. The van der Waals surface area contributed by atoms with Gasteiger partial charge in [-0.2, -0.15) is 0 Å². The molecular weight excluding hydrogens is 426 g/mol. The third-order valence-electron chi connectivity index (χ3n) is 6.08. The van der Waals surface area contributed by atoms with Crippen molar-refractivity contribution in [3.63, 3.8) is 0 Å². The number of pyridine rings is 1. The fraction of sp³-hybridized carbons (Fsp3) is 0.321. The van der Waals surface area contributed by atoms with Crippen molar-refractivity contribution in [1.29, 1.82) is 0 Å². The third kappa shape index (κ3) is 6.51. The van der Waals surface area contributed by atoms with E-state index in [4.69, 9.17) is 5.11 Å². The number of aromatic nitrogens is 1. The van der Waals surface area contributed by atoms with Gasteiger partial charge in [-0.15, -0.1) is 0 Å². The first kappa shape index (κ1) is 25.1. The summed E-state index contributed by atoms with van der Waals surface area (Å²) in [4.78, 5) is 29.5. The molecule has 1 aromatic heterocycles. The average molecular weight is 460 g/mol. The van der Waals surface area contributed by atoms with E-state index in [0.29, 0.717) is 17.7 Å². The summed E-state index contributed by atoms with van der Waals surface area (Å²) in [5, 5.41) is 13.1. The normalized spacial score (nSPS) is 13.0. The van der Waals surface area contributed by atoms with Crippen molar-refractivity contribution in [2.24, 2.45) is 0 Å². The first-order chi connectivity index (χ1) is 16.6. The van der Waals surface area contributed by atoms with E-state index in [9.17, 15) is 9.59 Å². The molecule has 1 saturated carbocycles. The van der Waals surface area contributed by atoms with Crippen LogP contribution in [-0.4, -0.2) is 35.1 Å². The molecule has 0 aliphatic heterocycles. The number of aliphatic hydroxyl groups is 1. The van der Waals surface area contributed by atoms with Crippen molar-refractivity contribution in [1.82, 2.24) is 15.6 Å². The highest BCUT2D eigenvalue weighted by atomic mass is 16.2. The molecule has 2 amide bonds. The second-order valence-corrected chi connectivity index (χ2v) is 8.30. The van der Waals surface area contributed by atoms with E-state index in [1.165, 1.54) is 12.8 Å². The Bertz CT molecular complexity index is 1090. The summed E-state index contributed by atoms with van der Waals surface area (Å²) in [7, 11) is 1.00. The van der Waals surface area contributed by atoms with Crippen molar-refractivity contribution in [2.75, 3.05) is 7.11 Å². The second kappa shape index (κ2) is 12.7. The van der Waals surface area contributed by atoms with Crippen LogP contribution in [0, 0.1) is 0 Å². The summed E-state index contributed by atoms with van der Waals surface area (Å²) in [6, 6.07) is 17.6. The number of benzene rings is 2. The molecule has 0 saturated heterocycles. The summed E-state index contributed by atoms with van der Waals surface area (Å²) < 4.78 is 0. The zero-order valence-electron chi connectivity index (χ0n) is 19.9.